The van der Waals surface area contributed by atoms with Crippen LogP contribution in [0, 0.1) is 18.8 Å². The molecule has 0 aliphatic heterocycles. The molecule has 1 atom stereocenters. The monoisotopic (exact) mass is 304 g/mol. The molecular formula is C13H21ClN2O2S. The van der Waals surface area contributed by atoms with E-state index in [1.807, 2.05) is 6.92 Å². The molecule has 1 rings (SSSR count). The largest absolute Gasteiger partial charge is 0.398 e. The quantitative estimate of drug-likeness (QED) is 0.822. The van der Waals surface area contributed by atoms with E-state index < -0.39 is 10.0 Å². The zero-order valence-electron chi connectivity index (χ0n) is 11.7. The molecule has 6 heteroatoms. The highest BCUT2D eigenvalue weighted by molar-refractivity contribution is 7.89. The molecule has 19 heavy (non-hydrogen) atoms. The maximum Gasteiger partial charge on any atom is 0.240 e. The zero-order valence-corrected chi connectivity index (χ0v) is 13.3. The molecule has 0 heterocycles. The Morgan fingerprint density at radius 3 is 2.37 bits per heavy atom. The normalized spacial score (nSPS) is 13.8. The Kier molecular flexibility index (Phi) is 5.24. The number of halogens is 1. The van der Waals surface area contributed by atoms with Crippen LogP contribution < -0.4 is 10.5 Å². The van der Waals surface area contributed by atoms with E-state index in [0.717, 1.165) is 0 Å². The van der Waals surface area contributed by atoms with E-state index >= 15 is 0 Å². The SMILES string of the molecule is Cc1c(N)cc(S(=O)(=O)NCC(C)C(C)C)cc1Cl. The van der Waals surface area contributed by atoms with Crippen molar-refractivity contribution in [1.29, 1.82) is 0 Å². The first-order valence-electron chi connectivity index (χ1n) is 6.20. The topological polar surface area (TPSA) is 72.2 Å². The molecule has 3 N–H and O–H groups in total. The molecule has 1 unspecified atom stereocenters. The fourth-order valence-corrected chi connectivity index (χ4v) is 2.89. The maximum atomic E-state index is 12.1. The lowest BCUT2D eigenvalue weighted by Gasteiger charge is -2.16. The van der Waals surface area contributed by atoms with Gasteiger partial charge in [0.2, 0.25) is 10.0 Å². The first-order chi connectivity index (χ1) is 8.65. The summed E-state index contributed by atoms with van der Waals surface area (Å²) >= 11 is 5.97. The fraction of sp³-hybridized carbons (Fsp3) is 0.538. The highest BCUT2D eigenvalue weighted by Crippen LogP contribution is 2.26. The predicted molar refractivity (Wildman–Crippen MR) is 79.8 cm³/mol. The minimum absolute atomic E-state index is 0.108. The molecule has 0 radical (unpaired) electrons. The van der Waals surface area contributed by atoms with Crippen LogP contribution in [0.4, 0.5) is 5.69 Å². The lowest BCUT2D eigenvalue weighted by atomic mass is 9.99. The molecular weight excluding hydrogens is 284 g/mol. The van der Waals surface area contributed by atoms with Crippen LogP contribution in [-0.4, -0.2) is 15.0 Å². The summed E-state index contributed by atoms with van der Waals surface area (Å²) in [6.07, 6.45) is 0. The highest BCUT2D eigenvalue weighted by Gasteiger charge is 2.18. The van der Waals surface area contributed by atoms with Crippen molar-refractivity contribution in [2.45, 2.75) is 32.6 Å². The van der Waals surface area contributed by atoms with Crippen molar-refractivity contribution in [1.82, 2.24) is 4.72 Å². The molecule has 0 aromatic heterocycles. The van der Waals surface area contributed by atoms with E-state index in [1.165, 1.54) is 12.1 Å². The summed E-state index contributed by atoms with van der Waals surface area (Å²) < 4.78 is 26.9. The van der Waals surface area contributed by atoms with Crippen LogP contribution in [0.15, 0.2) is 17.0 Å². The van der Waals surface area contributed by atoms with Crippen LogP contribution >= 0.6 is 11.6 Å². The Labute approximate surface area is 120 Å². The first kappa shape index (κ1) is 16.3. The van der Waals surface area contributed by atoms with Crippen LogP contribution in [0.1, 0.15) is 26.3 Å². The third-order valence-electron chi connectivity index (χ3n) is 3.40. The fourth-order valence-electron chi connectivity index (χ4n) is 1.39. The van der Waals surface area contributed by atoms with Gasteiger partial charge in [-0.2, -0.15) is 0 Å². The number of nitrogen functional groups attached to an aromatic ring is 1. The molecule has 0 aliphatic carbocycles. The zero-order chi connectivity index (χ0) is 14.8. The van der Waals surface area contributed by atoms with Crippen molar-refractivity contribution >= 4 is 27.3 Å². The molecule has 0 bridgehead atoms. The van der Waals surface area contributed by atoms with Crippen molar-refractivity contribution in [3.8, 4) is 0 Å². The summed E-state index contributed by atoms with van der Waals surface area (Å²) in [7, 11) is -3.57. The number of nitrogens with one attached hydrogen (secondary N) is 1. The number of nitrogens with two attached hydrogens (primary N) is 1. The van der Waals surface area contributed by atoms with E-state index in [2.05, 4.69) is 18.6 Å². The van der Waals surface area contributed by atoms with Gasteiger partial charge < -0.3 is 5.73 Å². The van der Waals surface area contributed by atoms with E-state index in [0.29, 0.717) is 28.7 Å². The van der Waals surface area contributed by atoms with Gasteiger partial charge in [0.25, 0.3) is 0 Å². The van der Waals surface area contributed by atoms with Gasteiger partial charge in [0.1, 0.15) is 0 Å². The van der Waals surface area contributed by atoms with Gasteiger partial charge in [0.15, 0.2) is 0 Å². The molecule has 4 nitrogen and oxygen atoms in total. The summed E-state index contributed by atoms with van der Waals surface area (Å²) in [5, 5.41) is 0.359. The van der Waals surface area contributed by atoms with E-state index in [-0.39, 0.29) is 10.8 Å². The summed E-state index contributed by atoms with van der Waals surface area (Å²) in [6, 6.07) is 2.86. The van der Waals surface area contributed by atoms with Gasteiger partial charge in [-0.15, -0.1) is 0 Å². The number of hydrogen-bond acceptors (Lipinski definition) is 3. The average molecular weight is 305 g/mol. The Balaban J connectivity index is 2.95. The van der Waals surface area contributed by atoms with Gasteiger partial charge in [-0.05, 0) is 36.5 Å². The van der Waals surface area contributed by atoms with Crippen LogP contribution in [-0.2, 0) is 10.0 Å². The first-order valence-corrected chi connectivity index (χ1v) is 8.06. The van der Waals surface area contributed by atoms with Crippen LogP contribution in [0.2, 0.25) is 5.02 Å². The second-order valence-electron chi connectivity index (χ2n) is 5.19. The third kappa shape index (κ3) is 4.09. The third-order valence-corrected chi connectivity index (χ3v) is 5.20. The van der Waals surface area contributed by atoms with Crippen molar-refractivity contribution in [3.05, 3.63) is 22.7 Å². The Bertz CT molecular complexity index is 533. The molecule has 0 saturated carbocycles. The summed E-state index contributed by atoms with van der Waals surface area (Å²) in [4.78, 5) is 0.108. The van der Waals surface area contributed by atoms with E-state index in [1.54, 1.807) is 6.92 Å². The molecule has 1 aromatic rings. The minimum Gasteiger partial charge on any atom is -0.398 e. The van der Waals surface area contributed by atoms with Crippen molar-refractivity contribution in [2.75, 3.05) is 12.3 Å². The van der Waals surface area contributed by atoms with Gasteiger partial charge in [-0.3, -0.25) is 0 Å². The predicted octanol–water partition coefficient (Wildman–Crippen LogP) is 2.80. The number of sulfonamides is 1. The number of anilines is 1. The van der Waals surface area contributed by atoms with Crippen LogP contribution in [0.3, 0.4) is 0 Å². The lowest BCUT2D eigenvalue weighted by Crippen LogP contribution is -2.30. The standard InChI is InChI=1S/C13H21ClN2O2S/c1-8(2)9(3)7-16-19(17,18)11-5-12(14)10(4)13(15)6-11/h5-6,8-9,16H,7,15H2,1-4H3. The summed E-state index contributed by atoms with van der Waals surface area (Å²) in [5.41, 5.74) is 6.82. The molecule has 0 aliphatic rings. The second-order valence-corrected chi connectivity index (χ2v) is 7.37. The molecule has 0 saturated heterocycles. The van der Waals surface area contributed by atoms with Gasteiger partial charge in [0, 0.05) is 17.3 Å². The average Bonchev–Trinajstić information content (AvgIpc) is 2.32. The van der Waals surface area contributed by atoms with Crippen LogP contribution in [0.5, 0.6) is 0 Å². The Hall–Kier alpha value is -0.780. The van der Waals surface area contributed by atoms with Gasteiger partial charge in [0.05, 0.1) is 4.90 Å². The van der Waals surface area contributed by atoms with E-state index in [9.17, 15) is 8.42 Å². The molecule has 0 fully saturated rings. The molecule has 1 aromatic carbocycles. The minimum atomic E-state index is -3.57. The second kappa shape index (κ2) is 6.11. The van der Waals surface area contributed by atoms with Gasteiger partial charge in [-0.1, -0.05) is 32.4 Å². The molecule has 108 valence electrons. The smallest absolute Gasteiger partial charge is 0.240 e. The van der Waals surface area contributed by atoms with Crippen LogP contribution in [0.25, 0.3) is 0 Å². The van der Waals surface area contributed by atoms with Crippen molar-refractivity contribution in [3.63, 3.8) is 0 Å². The lowest BCUT2D eigenvalue weighted by molar-refractivity contribution is 0.414. The Morgan fingerprint density at radius 1 is 1.32 bits per heavy atom. The van der Waals surface area contributed by atoms with Crippen molar-refractivity contribution in [2.24, 2.45) is 11.8 Å². The maximum absolute atomic E-state index is 12.1. The number of benzene rings is 1. The Morgan fingerprint density at radius 2 is 1.89 bits per heavy atom. The van der Waals surface area contributed by atoms with Gasteiger partial charge >= 0.3 is 0 Å². The highest BCUT2D eigenvalue weighted by atomic mass is 35.5. The number of rotatable bonds is 5. The van der Waals surface area contributed by atoms with Gasteiger partial charge in [-0.25, -0.2) is 13.1 Å². The van der Waals surface area contributed by atoms with Crippen molar-refractivity contribution < 1.29 is 8.42 Å². The molecule has 0 spiro atoms. The summed E-state index contributed by atoms with van der Waals surface area (Å²) in [5.74, 6) is 0.669. The summed E-state index contributed by atoms with van der Waals surface area (Å²) in [6.45, 7) is 8.26. The number of hydrogen-bond donors (Lipinski definition) is 2. The van der Waals surface area contributed by atoms with E-state index in [4.69, 9.17) is 17.3 Å². The molecule has 0 amide bonds.